The fourth-order valence-electron chi connectivity index (χ4n) is 7.35. The van der Waals surface area contributed by atoms with Crippen molar-refractivity contribution in [1.82, 2.24) is 9.80 Å². The van der Waals surface area contributed by atoms with E-state index >= 15 is 0 Å². The van der Waals surface area contributed by atoms with Gasteiger partial charge in [0.2, 0.25) is 11.8 Å². The monoisotopic (exact) mass is 557 g/mol. The summed E-state index contributed by atoms with van der Waals surface area (Å²) in [5.41, 5.74) is -0.585. The van der Waals surface area contributed by atoms with Gasteiger partial charge in [-0.05, 0) is 35.2 Å². The molecule has 7 atom stereocenters. The molecule has 1 N–H and O–H groups in total. The first-order valence-corrected chi connectivity index (χ1v) is 14.9. The number of carbonyl (C=O) groups excluding carboxylic acids is 3. The standard InChI is InChI=1S/C33H39N3O5/c1-4-16-34-17-8-12-26-27(30(34)38)28-31(39)36(25(20-37)21(3)5-2)29-32(40)35(18-9-15-33(28,29)41-26)24-14-13-22-10-6-7-11-23(22)19-24/h6-15,19,21,25-29,37H,4-5,16-18,20H2,1-3H3/t21-,25-,26+,27-,28-,29?,33-/m0/s1. The SMILES string of the molecule is CCCN1CC=C[C@H]2O[C@]34C=CCN(c5ccc6ccccc6c5)C(=O)C3N([C@@H](CO)[C@@H](C)CC)C(=O)[C@@H]4[C@H]2C1=O. The molecule has 8 nitrogen and oxygen atoms in total. The van der Waals surface area contributed by atoms with Crippen molar-refractivity contribution in [1.29, 1.82) is 0 Å². The Balaban J connectivity index is 1.48. The summed E-state index contributed by atoms with van der Waals surface area (Å²) in [6, 6.07) is 12.3. The Morgan fingerprint density at radius 2 is 1.78 bits per heavy atom. The zero-order chi connectivity index (χ0) is 28.9. The van der Waals surface area contributed by atoms with E-state index in [1.165, 1.54) is 0 Å². The normalized spacial score (nSPS) is 30.7. The Morgan fingerprint density at radius 3 is 2.51 bits per heavy atom. The van der Waals surface area contributed by atoms with Crippen molar-refractivity contribution in [2.24, 2.45) is 17.8 Å². The highest BCUT2D eigenvalue weighted by atomic mass is 16.5. The zero-order valence-electron chi connectivity index (χ0n) is 24.0. The number of likely N-dealkylation sites (tertiary alicyclic amines) is 1. The Bertz CT molecular complexity index is 1420. The van der Waals surface area contributed by atoms with Crippen molar-refractivity contribution in [3.63, 3.8) is 0 Å². The molecule has 8 heteroatoms. The number of ether oxygens (including phenoxy) is 1. The minimum absolute atomic E-state index is 0.0638. The van der Waals surface area contributed by atoms with E-state index in [1.54, 1.807) is 14.7 Å². The molecule has 0 saturated carbocycles. The Morgan fingerprint density at radius 1 is 1.00 bits per heavy atom. The van der Waals surface area contributed by atoms with Crippen LogP contribution in [0.1, 0.15) is 33.6 Å². The third kappa shape index (κ3) is 4.22. The van der Waals surface area contributed by atoms with Crippen LogP contribution in [0.5, 0.6) is 0 Å². The Labute approximate surface area is 241 Å². The number of fused-ring (bicyclic) bond motifs is 3. The van der Waals surface area contributed by atoms with Crippen LogP contribution in [0, 0.1) is 17.8 Å². The van der Waals surface area contributed by atoms with Gasteiger partial charge in [0.1, 0.15) is 11.6 Å². The van der Waals surface area contributed by atoms with Gasteiger partial charge in [-0.1, -0.05) is 81.8 Å². The van der Waals surface area contributed by atoms with Gasteiger partial charge < -0.3 is 24.5 Å². The molecule has 41 heavy (non-hydrogen) atoms. The van der Waals surface area contributed by atoms with Gasteiger partial charge in [-0.2, -0.15) is 0 Å². The molecule has 0 aromatic heterocycles. The predicted octanol–water partition coefficient (Wildman–Crippen LogP) is 3.54. The average Bonchev–Trinajstić information content (AvgIpc) is 3.30. The lowest BCUT2D eigenvalue weighted by molar-refractivity contribution is -0.148. The van der Waals surface area contributed by atoms with Gasteiger partial charge in [0.25, 0.3) is 5.91 Å². The second-order valence-corrected chi connectivity index (χ2v) is 11.8. The average molecular weight is 558 g/mol. The molecule has 3 amide bonds. The fraction of sp³-hybridized carbons (Fsp3) is 0.485. The fourth-order valence-corrected chi connectivity index (χ4v) is 7.35. The molecule has 1 spiro atoms. The number of aliphatic hydroxyl groups excluding tert-OH is 1. The maximum atomic E-state index is 14.7. The minimum atomic E-state index is -1.31. The molecule has 2 saturated heterocycles. The van der Waals surface area contributed by atoms with E-state index in [1.807, 2.05) is 87.5 Å². The number of nitrogens with zero attached hydrogens (tertiary/aromatic N) is 3. The molecule has 6 rings (SSSR count). The number of anilines is 1. The molecule has 0 bridgehead atoms. The molecule has 2 fully saturated rings. The number of hydrogen-bond donors (Lipinski definition) is 1. The number of hydrogen-bond acceptors (Lipinski definition) is 5. The second-order valence-electron chi connectivity index (χ2n) is 11.8. The van der Waals surface area contributed by atoms with Gasteiger partial charge >= 0.3 is 0 Å². The van der Waals surface area contributed by atoms with Crippen molar-refractivity contribution in [3.8, 4) is 0 Å². The van der Waals surface area contributed by atoms with Crippen molar-refractivity contribution in [2.45, 2.75) is 57.4 Å². The maximum Gasteiger partial charge on any atom is 0.253 e. The van der Waals surface area contributed by atoms with Gasteiger partial charge in [-0.3, -0.25) is 14.4 Å². The quantitative estimate of drug-likeness (QED) is 0.526. The summed E-state index contributed by atoms with van der Waals surface area (Å²) in [6.07, 6.45) is 8.51. The first kappa shape index (κ1) is 27.7. The predicted molar refractivity (Wildman–Crippen MR) is 157 cm³/mol. The number of benzene rings is 2. The van der Waals surface area contributed by atoms with Crippen LogP contribution >= 0.6 is 0 Å². The van der Waals surface area contributed by atoms with Gasteiger partial charge in [0, 0.05) is 25.3 Å². The van der Waals surface area contributed by atoms with Crippen LogP contribution in [0.2, 0.25) is 0 Å². The molecule has 0 aliphatic carbocycles. The molecule has 1 unspecified atom stereocenters. The summed E-state index contributed by atoms with van der Waals surface area (Å²) < 4.78 is 6.76. The number of aliphatic hydroxyl groups is 1. The largest absolute Gasteiger partial charge is 0.394 e. The zero-order valence-corrected chi connectivity index (χ0v) is 24.0. The first-order valence-electron chi connectivity index (χ1n) is 14.9. The maximum absolute atomic E-state index is 14.7. The lowest BCUT2D eigenvalue weighted by Gasteiger charge is -2.40. The van der Waals surface area contributed by atoms with Crippen molar-refractivity contribution in [2.75, 3.05) is 31.1 Å². The van der Waals surface area contributed by atoms with E-state index in [-0.39, 0.29) is 30.2 Å². The molecule has 4 heterocycles. The van der Waals surface area contributed by atoms with E-state index < -0.39 is 35.6 Å². The Hall–Kier alpha value is -3.49. The van der Waals surface area contributed by atoms with Gasteiger partial charge in [-0.15, -0.1) is 0 Å². The lowest BCUT2D eigenvalue weighted by atomic mass is 9.77. The molecule has 2 aromatic rings. The van der Waals surface area contributed by atoms with Gasteiger partial charge in [-0.25, -0.2) is 0 Å². The molecule has 4 aliphatic heterocycles. The van der Waals surface area contributed by atoms with Crippen LogP contribution in [0.4, 0.5) is 5.69 Å². The molecular formula is C33H39N3O5. The van der Waals surface area contributed by atoms with Crippen molar-refractivity contribution < 1.29 is 24.2 Å². The third-order valence-corrected chi connectivity index (χ3v) is 9.56. The second kappa shape index (κ2) is 10.7. The van der Waals surface area contributed by atoms with Gasteiger partial charge in [0.05, 0.1) is 30.6 Å². The van der Waals surface area contributed by atoms with E-state index in [9.17, 15) is 19.5 Å². The summed E-state index contributed by atoms with van der Waals surface area (Å²) in [5, 5.41) is 12.7. The third-order valence-electron chi connectivity index (χ3n) is 9.56. The molecule has 216 valence electrons. The van der Waals surface area contributed by atoms with Crippen LogP contribution in [0.15, 0.2) is 66.8 Å². The van der Waals surface area contributed by atoms with Crippen LogP contribution in [0.3, 0.4) is 0 Å². The molecule has 2 aromatic carbocycles. The molecule has 4 aliphatic rings. The van der Waals surface area contributed by atoms with Crippen molar-refractivity contribution in [3.05, 3.63) is 66.8 Å². The van der Waals surface area contributed by atoms with E-state index in [4.69, 9.17) is 4.74 Å². The summed E-state index contributed by atoms with van der Waals surface area (Å²) in [5.74, 6) is -2.32. The number of carbonyl (C=O) groups is 3. The van der Waals surface area contributed by atoms with Crippen LogP contribution in [0.25, 0.3) is 10.8 Å². The number of rotatable bonds is 7. The van der Waals surface area contributed by atoms with Gasteiger partial charge in [0.15, 0.2) is 0 Å². The summed E-state index contributed by atoms with van der Waals surface area (Å²) in [4.78, 5) is 48.3. The Kier molecular flexibility index (Phi) is 7.24. The lowest BCUT2D eigenvalue weighted by Crippen LogP contribution is -2.59. The van der Waals surface area contributed by atoms with E-state index in [2.05, 4.69) is 0 Å². The summed E-state index contributed by atoms with van der Waals surface area (Å²) in [6.45, 7) is 7.11. The number of amides is 3. The molecule has 0 radical (unpaired) electrons. The topological polar surface area (TPSA) is 90.4 Å². The highest BCUT2D eigenvalue weighted by molar-refractivity contribution is 6.06. The minimum Gasteiger partial charge on any atom is -0.394 e. The van der Waals surface area contributed by atoms with Crippen molar-refractivity contribution >= 4 is 34.2 Å². The highest BCUT2D eigenvalue weighted by Gasteiger charge is 2.72. The van der Waals surface area contributed by atoms with E-state index in [0.717, 1.165) is 29.3 Å². The molecular weight excluding hydrogens is 518 g/mol. The smallest absolute Gasteiger partial charge is 0.253 e. The van der Waals surface area contributed by atoms with Crippen LogP contribution < -0.4 is 4.90 Å². The van der Waals surface area contributed by atoms with Crippen LogP contribution in [-0.2, 0) is 19.1 Å². The van der Waals surface area contributed by atoms with Crippen LogP contribution in [-0.4, -0.2) is 82.7 Å². The van der Waals surface area contributed by atoms with E-state index in [0.29, 0.717) is 19.6 Å². The summed E-state index contributed by atoms with van der Waals surface area (Å²) in [7, 11) is 0. The highest BCUT2D eigenvalue weighted by Crippen LogP contribution is 2.54. The first-order chi connectivity index (χ1) is 19.9. The summed E-state index contributed by atoms with van der Waals surface area (Å²) >= 11 is 0.